The molecule has 5 heteroatoms. The Morgan fingerprint density at radius 1 is 1.08 bits per heavy atom. The first-order valence-electron chi connectivity index (χ1n) is 8.44. The largest absolute Gasteiger partial charge is 0.497 e. The van der Waals surface area contributed by atoms with Gasteiger partial charge in [-0.05, 0) is 24.1 Å². The molecule has 1 aliphatic heterocycles. The number of hydrogen-bond donors (Lipinski definition) is 1. The Labute approximate surface area is 147 Å². The van der Waals surface area contributed by atoms with Crippen LogP contribution in [0.2, 0.25) is 0 Å². The van der Waals surface area contributed by atoms with E-state index in [0.29, 0.717) is 24.5 Å². The number of benzene rings is 2. The first-order chi connectivity index (χ1) is 12.2. The van der Waals surface area contributed by atoms with Crippen molar-refractivity contribution in [1.29, 1.82) is 0 Å². The number of hydrogen-bond acceptors (Lipinski definition) is 4. The topological polar surface area (TPSA) is 56.8 Å². The zero-order valence-corrected chi connectivity index (χ0v) is 14.8. The molecule has 0 aromatic heterocycles. The van der Waals surface area contributed by atoms with Gasteiger partial charge in [0, 0.05) is 30.0 Å². The molecule has 3 rings (SSSR count). The average Bonchev–Trinajstić information content (AvgIpc) is 2.64. The Balaban J connectivity index is 1.99. The van der Waals surface area contributed by atoms with Crippen molar-refractivity contribution in [2.45, 2.75) is 25.7 Å². The van der Waals surface area contributed by atoms with Crippen LogP contribution in [0.4, 0.5) is 5.69 Å². The average molecular weight is 341 g/mol. The van der Waals surface area contributed by atoms with E-state index >= 15 is 0 Å². The highest BCUT2D eigenvalue weighted by Crippen LogP contribution is 2.45. The van der Waals surface area contributed by atoms with Crippen LogP contribution in [0.1, 0.15) is 36.8 Å². The molecule has 25 heavy (non-hydrogen) atoms. The lowest BCUT2D eigenvalue weighted by molar-refractivity contribution is -0.116. The Morgan fingerprint density at radius 2 is 1.84 bits per heavy atom. The van der Waals surface area contributed by atoms with Gasteiger partial charge in [0.15, 0.2) is 0 Å². The van der Waals surface area contributed by atoms with Crippen molar-refractivity contribution in [2.75, 3.05) is 26.1 Å². The van der Waals surface area contributed by atoms with E-state index in [1.807, 2.05) is 36.4 Å². The highest BCUT2D eigenvalue weighted by atomic mass is 16.5. The van der Waals surface area contributed by atoms with Gasteiger partial charge in [-0.2, -0.15) is 0 Å². The van der Waals surface area contributed by atoms with Gasteiger partial charge in [-0.15, -0.1) is 0 Å². The van der Waals surface area contributed by atoms with E-state index in [4.69, 9.17) is 14.2 Å². The summed E-state index contributed by atoms with van der Waals surface area (Å²) in [4.78, 5) is 12.2. The Bertz CT molecular complexity index is 755. The zero-order chi connectivity index (χ0) is 17.8. The fourth-order valence-electron chi connectivity index (χ4n) is 3.14. The lowest BCUT2D eigenvalue weighted by Crippen LogP contribution is -2.24. The second-order valence-corrected chi connectivity index (χ2v) is 6.01. The monoisotopic (exact) mass is 341 g/mol. The zero-order valence-electron chi connectivity index (χ0n) is 14.8. The van der Waals surface area contributed by atoms with Gasteiger partial charge < -0.3 is 19.5 Å². The number of amides is 1. The van der Waals surface area contributed by atoms with E-state index < -0.39 is 0 Å². The van der Waals surface area contributed by atoms with Gasteiger partial charge in [0.1, 0.15) is 17.2 Å². The number of nitrogens with one attached hydrogen (secondary N) is 1. The minimum Gasteiger partial charge on any atom is -0.497 e. The molecule has 0 aliphatic carbocycles. The summed E-state index contributed by atoms with van der Waals surface area (Å²) in [5.74, 6) is 2.13. The molecule has 1 atom stereocenters. The highest BCUT2D eigenvalue weighted by molar-refractivity contribution is 5.96. The molecule has 1 amide bonds. The van der Waals surface area contributed by atoms with Gasteiger partial charge in [0.25, 0.3) is 0 Å². The molecule has 0 radical (unpaired) electrons. The van der Waals surface area contributed by atoms with Crippen LogP contribution in [0, 0.1) is 0 Å². The lowest BCUT2D eigenvalue weighted by Gasteiger charge is -2.28. The highest BCUT2D eigenvalue weighted by Gasteiger charge is 2.30. The van der Waals surface area contributed by atoms with E-state index in [-0.39, 0.29) is 11.8 Å². The van der Waals surface area contributed by atoms with Crippen LogP contribution in [-0.2, 0) is 4.79 Å². The van der Waals surface area contributed by atoms with Gasteiger partial charge >= 0.3 is 0 Å². The van der Waals surface area contributed by atoms with E-state index in [1.54, 1.807) is 14.2 Å². The number of fused-ring (bicyclic) bond motifs is 1. The number of anilines is 1. The third kappa shape index (κ3) is 3.55. The summed E-state index contributed by atoms with van der Waals surface area (Å²) in [6.07, 6.45) is 1.35. The van der Waals surface area contributed by atoms with Crippen molar-refractivity contribution in [3.8, 4) is 17.2 Å². The molecule has 1 heterocycles. The molecule has 0 spiro atoms. The van der Waals surface area contributed by atoms with Crippen molar-refractivity contribution >= 4 is 11.6 Å². The van der Waals surface area contributed by atoms with Gasteiger partial charge in [-0.1, -0.05) is 19.1 Å². The first-order valence-corrected chi connectivity index (χ1v) is 8.44. The number of rotatable bonds is 6. The quantitative estimate of drug-likeness (QED) is 0.864. The van der Waals surface area contributed by atoms with Crippen molar-refractivity contribution in [1.82, 2.24) is 0 Å². The van der Waals surface area contributed by atoms with Gasteiger partial charge in [0.2, 0.25) is 5.91 Å². The fraction of sp³-hybridized carbons (Fsp3) is 0.350. The first kappa shape index (κ1) is 17.1. The Hall–Kier alpha value is -2.69. The molecule has 1 unspecified atom stereocenters. The van der Waals surface area contributed by atoms with Crippen LogP contribution in [0.5, 0.6) is 17.2 Å². The van der Waals surface area contributed by atoms with E-state index in [0.717, 1.165) is 29.0 Å². The second-order valence-electron chi connectivity index (χ2n) is 6.01. The second kappa shape index (κ2) is 7.47. The molecule has 2 aromatic carbocycles. The molecule has 1 aliphatic rings. The summed E-state index contributed by atoms with van der Waals surface area (Å²) in [5, 5.41) is 2.92. The van der Waals surface area contributed by atoms with Crippen molar-refractivity contribution < 1.29 is 19.0 Å². The minimum atomic E-state index is -0.0650. The predicted octanol–water partition coefficient (Wildman–Crippen LogP) is 3.97. The number of carbonyl (C=O) groups excluding carboxylic acids is 1. The molecule has 0 fully saturated rings. The van der Waals surface area contributed by atoms with Crippen molar-refractivity contribution in [3.05, 3.63) is 47.5 Å². The van der Waals surface area contributed by atoms with Crippen LogP contribution in [-0.4, -0.2) is 26.7 Å². The predicted molar refractivity (Wildman–Crippen MR) is 96.9 cm³/mol. The van der Waals surface area contributed by atoms with Gasteiger partial charge in [-0.25, -0.2) is 0 Å². The summed E-state index contributed by atoms with van der Waals surface area (Å²) in [5.41, 5.74) is 2.78. The maximum Gasteiger partial charge on any atom is 0.225 e. The maximum atomic E-state index is 12.2. The van der Waals surface area contributed by atoms with Crippen LogP contribution < -0.4 is 19.5 Å². The third-order valence-corrected chi connectivity index (χ3v) is 4.34. The molecule has 0 saturated carbocycles. The van der Waals surface area contributed by atoms with Gasteiger partial charge in [0.05, 0.1) is 26.5 Å². The number of ether oxygens (including phenoxy) is 3. The van der Waals surface area contributed by atoms with Crippen molar-refractivity contribution in [2.24, 2.45) is 0 Å². The molecule has 1 N–H and O–H groups in total. The van der Waals surface area contributed by atoms with E-state index in [2.05, 4.69) is 12.2 Å². The molecule has 2 aromatic rings. The van der Waals surface area contributed by atoms with Crippen LogP contribution in [0.3, 0.4) is 0 Å². The SMILES string of the molecule is CCCOc1ccc(C2CC(=O)Nc3cc(OC)cc(OC)c32)cc1. The molecule has 0 bridgehead atoms. The Kier molecular flexibility index (Phi) is 5.12. The van der Waals surface area contributed by atoms with Crippen LogP contribution in [0.15, 0.2) is 36.4 Å². The molecular weight excluding hydrogens is 318 g/mol. The summed E-state index contributed by atoms with van der Waals surface area (Å²) >= 11 is 0. The minimum absolute atomic E-state index is 0.0147. The van der Waals surface area contributed by atoms with Crippen LogP contribution >= 0.6 is 0 Å². The summed E-state index contributed by atoms with van der Waals surface area (Å²) in [7, 11) is 3.22. The number of carbonyl (C=O) groups is 1. The van der Waals surface area contributed by atoms with E-state index in [1.165, 1.54) is 0 Å². The Morgan fingerprint density at radius 3 is 2.48 bits per heavy atom. The van der Waals surface area contributed by atoms with E-state index in [9.17, 15) is 4.79 Å². The maximum absolute atomic E-state index is 12.2. The molecule has 5 nitrogen and oxygen atoms in total. The summed E-state index contributed by atoms with van der Waals surface area (Å²) in [6.45, 7) is 2.77. The smallest absolute Gasteiger partial charge is 0.225 e. The molecule has 0 saturated heterocycles. The molecular formula is C20H23NO4. The third-order valence-electron chi connectivity index (χ3n) is 4.34. The summed E-state index contributed by atoms with van der Waals surface area (Å²) in [6, 6.07) is 11.6. The van der Waals surface area contributed by atoms with Gasteiger partial charge in [-0.3, -0.25) is 4.79 Å². The lowest BCUT2D eigenvalue weighted by atomic mass is 9.84. The normalized spacial score (nSPS) is 16.0. The standard InChI is InChI=1S/C20H23NO4/c1-4-9-25-14-7-5-13(6-8-14)16-12-19(22)21-17-10-15(23-2)11-18(24-3)20(16)17/h5-8,10-11,16H,4,9,12H2,1-3H3,(H,21,22). The number of methoxy groups -OCH3 is 2. The van der Waals surface area contributed by atoms with Crippen LogP contribution in [0.25, 0.3) is 0 Å². The summed E-state index contributed by atoms with van der Waals surface area (Å²) < 4.78 is 16.5. The van der Waals surface area contributed by atoms with Crippen molar-refractivity contribution in [3.63, 3.8) is 0 Å². The fourth-order valence-corrected chi connectivity index (χ4v) is 3.14. The molecule has 132 valence electrons.